The summed E-state index contributed by atoms with van der Waals surface area (Å²) in [6.45, 7) is 4.32. The number of hydrogen-bond acceptors (Lipinski definition) is 1. The molecule has 2 rings (SSSR count). The number of rotatable bonds is 4. The van der Waals surface area contributed by atoms with Gasteiger partial charge in [-0.3, -0.25) is 0 Å². The Morgan fingerprint density at radius 2 is 1.80 bits per heavy atom. The van der Waals surface area contributed by atoms with Crippen molar-refractivity contribution >= 4 is 15.9 Å². The van der Waals surface area contributed by atoms with Gasteiger partial charge in [-0.05, 0) is 58.7 Å². The lowest BCUT2D eigenvalue weighted by Gasteiger charge is -2.37. The maximum absolute atomic E-state index is 14.2. The Labute approximate surface area is 128 Å². The van der Waals surface area contributed by atoms with E-state index in [2.05, 4.69) is 29.8 Å². The summed E-state index contributed by atoms with van der Waals surface area (Å²) in [7, 11) is 0. The van der Waals surface area contributed by atoms with Gasteiger partial charge in [0.05, 0.1) is 4.47 Å². The summed E-state index contributed by atoms with van der Waals surface area (Å²) in [4.78, 5) is 0. The van der Waals surface area contributed by atoms with E-state index in [4.69, 9.17) is 5.73 Å². The molecule has 1 unspecified atom stereocenters. The van der Waals surface area contributed by atoms with Crippen molar-refractivity contribution in [1.82, 2.24) is 0 Å². The summed E-state index contributed by atoms with van der Waals surface area (Å²) in [5, 5.41) is 0. The number of halogens is 3. The molecular weight excluding hydrogens is 324 g/mol. The lowest BCUT2D eigenvalue weighted by atomic mass is 9.70. The molecule has 0 saturated heterocycles. The first-order chi connectivity index (χ1) is 9.35. The SMILES string of the molecule is CC(C)CC1(C(N)c2cc(F)c(Br)cc2F)CCCC1. The van der Waals surface area contributed by atoms with Crippen molar-refractivity contribution in [2.24, 2.45) is 17.1 Å². The Kier molecular flexibility index (Phi) is 4.85. The first-order valence-electron chi connectivity index (χ1n) is 7.26. The third kappa shape index (κ3) is 3.06. The molecule has 0 amide bonds. The minimum Gasteiger partial charge on any atom is -0.323 e. The molecule has 20 heavy (non-hydrogen) atoms. The second-order valence-corrected chi connectivity index (χ2v) is 7.29. The van der Waals surface area contributed by atoms with Crippen molar-refractivity contribution in [2.75, 3.05) is 0 Å². The van der Waals surface area contributed by atoms with E-state index in [1.165, 1.54) is 12.1 Å². The minimum absolute atomic E-state index is 0.0880. The normalized spacial score (nSPS) is 19.6. The van der Waals surface area contributed by atoms with E-state index >= 15 is 0 Å². The topological polar surface area (TPSA) is 26.0 Å². The van der Waals surface area contributed by atoms with Crippen molar-refractivity contribution < 1.29 is 8.78 Å². The fraction of sp³-hybridized carbons (Fsp3) is 0.625. The molecule has 1 aliphatic rings. The maximum Gasteiger partial charge on any atom is 0.137 e. The van der Waals surface area contributed by atoms with Crippen LogP contribution >= 0.6 is 15.9 Å². The van der Waals surface area contributed by atoms with Gasteiger partial charge < -0.3 is 5.73 Å². The molecule has 1 aromatic rings. The molecule has 0 radical (unpaired) electrons. The predicted octanol–water partition coefficient (Wildman–Crippen LogP) is 5.33. The van der Waals surface area contributed by atoms with Crippen LogP contribution in [0.4, 0.5) is 8.78 Å². The fourth-order valence-electron chi connectivity index (χ4n) is 3.64. The van der Waals surface area contributed by atoms with Gasteiger partial charge in [0.15, 0.2) is 0 Å². The maximum atomic E-state index is 14.2. The summed E-state index contributed by atoms with van der Waals surface area (Å²) < 4.78 is 28.0. The van der Waals surface area contributed by atoms with Gasteiger partial charge in [-0.15, -0.1) is 0 Å². The van der Waals surface area contributed by atoms with Crippen LogP contribution in [0.3, 0.4) is 0 Å². The second-order valence-electron chi connectivity index (χ2n) is 6.43. The van der Waals surface area contributed by atoms with Crippen molar-refractivity contribution in [3.8, 4) is 0 Å². The standard InChI is InChI=1S/C16H22BrF2N/c1-10(2)9-16(5-3-4-6-16)15(20)11-7-14(19)12(17)8-13(11)18/h7-8,10,15H,3-6,9,20H2,1-2H3. The van der Waals surface area contributed by atoms with Crippen LogP contribution in [0.2, 0.25) is 0 Å². The molecule has 2 N–H and O–H groups in total. The Morgan fingerprint density at radius 1 is 1.20 bits per heavy atom. The molecule has 1 atom stereocenters. The highest BCUT2D eigenvalue weighted by Gasteiger charge is 2.41. The predicted molar refractivity (Wildman–Crippen MR) is 81.3 cm³/mol. The van der Waals surface area contributed by atoms with Gasteiger partial charge in [0.2, 0.25) is 0 Å². The summed E-state index contributed by atoms with van der Waals surface area (Å²) in [5.41, 5.74) is 6.61. The van der Waals surface area contributed by atoms with Crippen LogP contribution in [-0.2, 0) is 0 Å². The highest BCUT2D eigenvalue weighted by Crippen LogP contribution is 2.51. The van der Waals surface area contributed by atoms with E-state index in [-0.39, 0.29) is 9.89 Å². The molecule has 0 spiro atoms. The van der Waals surface area contributed by atoms with Gasteiger partial charge in [-0.1, -0.05) is 26.7 Å². The molecule has 112 valence electrons. The molecule has 0 aliphatic heterocycles. The molecule has 1 aliphatic carbocycles. The molecule has 1 saturated carbocycles. The van der Waals surface area contributed by atoms with Crippen LogP contribution in [0, 0.1) is 23.0 Å². The van der Waals surface area contributed by atoms with E-state index in [1.807, 2.05) is 0 Å². The highest BCUT2D eigenvalue weighted by molar-refractivity contribution is 9.10. The summed E-state index contributed by atoms with van der Waals surface area (Å²) >= 11 is 3.01. The van der Waals surface area contributed by atoms with Crippen molar-refractivity contribution in [3.05, 3.63) is 33.8 Å². The Morgan fingerprint density at radius 3 is 2.35 bits per heavy atom. The monoisotopic (exact) mass is 345 g/mol. The molecule has 1 aromatic carbocycles. The Bertz CT molecular complexity index is 482. The summed E-state index contributed by atoms with van der Waals surface area (Å²) in [6, 6.07) is 2.00. The van der Waals surface area contributed by atoms with E-state index in [0.29, 0.717) is 11.5 Å². The van der Waals surface area contributed by atoms with Crippen LogP contribution in [-0.4, -0.2) is 0 Å². The van der Waals surface area contributed by atoms with Crippen LogP contribution in [0.5, 0.6) is 0 Å². The van der Waals surface area contributed by atoms with E-state index in [1.54, 1.807) is 0 Å². The van der Waals surface area contributed by atoms with Gasteiger partial charge in [0.1, 0.15) is 11.6 Å². The third-order valence-electron chi connectivity index (χ3n) is 4.45. The summed E-state index contributed by atoms with van der Waals surface area (Å²) in [5.74, 6) is -0.363. The van der Waals surface area contributed by atoms with Gasteiger partial charge in [-0.2, -0.15) is 0 Å². The molecule has 4 heteroatoms. The van der Waals surface area contributed by atoms with Crippen LogP contribution in [0.25, 0.3) is 0 Å². The number of nitrogens with two attached hydrogens (primary N) is 1. The molecule has 1 nitrogen and oxygen atoms in total. The van der Waals surface area contributed by atoms with Crippen molar-refractivity contribution in [2.45, 2.75) is 52.0 Å². The van der Waals surface area contributed by atoms with Crippen LogP contribution in [0.1, 0.15) is 57.6 Å². The van der Waals surface area contributed by atoms with E-state index in [9.17, 15) is 8.78 Å². The fourth-order valence-corrected chi connectivity index (χ4v) is 3.96. The van der Waals surface area contributed by atoms with E-state index in [0.717, 1.165) is 32.1 Å². The third-order valence-corrected chi connectivity index (χ3v) is 5.06. The molecular formula is C16H22BrF2N. The summed E-state index contributed by atoms with van der Waals surface area (Å²) in [6.07, 6.45) is 5.22. The zero-order valence-corrected chi connectivity index (χ0v) is 13.6. The van der Waals surface area contributed by atoms with Gasteiger partial charge in [-0.25, -0.2) is 8.78 Å². The quantitative estimate of drug-likeness (QED) is 0.733. The molecule has 0 heterocycles. The average molecular weight is 346 g/mol. The van der Waals surface area contributed by atoms with Crippen LogP contribution < -0.4 is 5.73 Å². The zero-order chi connectivity index (χ0) is 14.9. The zero-order valence-electron chi connectivity index (χ0n) is 12.1. The van der Waals surface area contributed by atoms with Crippen molar-refractivity contribution in [3.63, 3.8) is 0 Å². The number of benzene rings is 1. The molecule has 0 aromatic heterocycles. The van der Waals surface area contributed by atoms with E-state index < -0.39 is 17.7 Å². The number of hydrogen-bond donors (Lipinski definition) is 1. The smallest absolute Gasteiger partial charge is 0.137 e. The van der Waals surface area contributed by atoms with Gasteiger partial charge >= 0.3 is 0 Å². The average Bonchev–Trinajstić information content (AvgIpc) is 2.81. The first kappa shape index (κ1) is 15.9. The lowest BCUT2D eigenvalue weighted by molar-refractivity contribution is 0.180. The minimum atomic E-state index is -0.449. The van der Waals surface area contributed by atoms with Crippen molar-refractivity contribution in [1.29, 1.82) is 0 Å². The Balaban J connectivity index is 2.37. The lowest BCUT2D eigenvalue weighted by Crippen LogP contribution is -2.34. The van der Waals surface area contributed by atoms with Gasteiger partial charge in [0, 0.05) is 11.6 Å². The van der Waals surface area contributed by atoms with Gasteiger partial charge in [0.25, 0.3) is 0 Å². The first-order valence-corrected chi connectivity index (χ1v) is 8.05. The molecule has 0 bridgehead atoms. The van der Waals surface area contributed by atoms with Crippen LogP contribution in [0.15, 0.2) is 16.6 Å². The highest BCUT2D eigenvalue weighted by atomic mass is 79.9. The molecule has 1 fully saturated rings. The largest absolute Gasteiger partial charge is 0.323 e. The Hall–Kier alpha value is -0.480. The second kappa shape index (κ2) is 6.10.